The molecule has 0 spiro atoms. The first-order valence-electron chi connectivity index (χ1n) is 5.04. The zero-order valence-electron chi connectivity index (χ0n) is 9.31. The van der Waals surface area contributed by atoms with Crippen LogP contribution in [0.25, 0.3) is 0 Å². The molecule has 0 bridgehead atoms. The normalized spacial score (nSPS) is 11.3. The van der Waals surface area contributed by atoms with E-state index in [0.29, 0.717) is 21.5 Å². The average Bonchev–Trinajstić information content (AvgIpc) is 2.32. The monoisotopic (exact) mass is 336 g/mol. The molecule has 0 fully saturated rings. The molecule has 0 aromatic heterocycles. The van der Waals surface area contributed by atoms with E-state index in [4.69, 9.17) is 38.6 Å². The Balaban J connectivity index is 2.25. The average molecular weight is 338 g/mol. The molecule has 0 saturated carbocycles. The topological polar surface area (TPSA) is 43.4 Å². The first-order valence-corrected chi connectivity index (χ1v) is 8.10. The standard InChI is InChI=1S/C12H7Cl3O3S/c13-8-1-6-12(11(14)7-8)18-9-2-4-10(5-3-9)19(15,16)17/h1-7H. The van der Waals surface area contributed by atoms with Crippen LogP contribution < -0.4 is 4.74 Å². The molecule has 3 nitrogen and oxygen atoms in total. The highest BCUT2D eigenvalue weighted by Crippen LogP contribution is 2.32. The third-order valence-corrected chi connectivity index (χ3v) is 4.13. The molecule has 100 valence electrons. The Kier molecular flexibility index (Phi) is 4.26. The van der Waals surface area contributed by atoms with Gasteiger partial charge in [-0.15, -0.1) is 0 Å². The quantitative estimate of drug-likeness (QED) is 0.762. The van der Waals surface area contributed by atoms with E-state index in [1.54, 1.807) is 18.2 Å². The van der Waals surface area contributed by atoms with Gasteiger partial charge in [-0.05, 0) is 42.5 Å². The Morgan fingerprint density at radius 3 is 2.11 bits per heavy atom. The molecule has 7 heteroatoms. The summed E-state index contributed by atoms with van der Waals surface area (Å²) in [5.41, 5.74) is 0. The molecule has 2 aromatic carbocycles. The van der Waals surface area contributed by atoms with Gasteiger partial charge in [-0.25, -0.2) is 8.42 Å². The van der Waals surface area contributed by atoms with Crippen LogP contribution in [0.3, 0.4) is 0 Å². The number of hydrogen-bond acceptors (Lipinski definition) is 3. The van der Waals surface area contributed by atoms with Gasteiger partial charge in [-0.2, -0.15) is 0 Å². The van der Waals surface area contributed by atoms with Gasteiger partial charge in [0.25, 0.3) is 9.05 Å². The van der Waals surface area contributed by atoms with Crippen LogP contribution in [0.15, 0.2) is 47.4 Å². The molecular formula is C12H7Cl3O3S. The first-order chi connectivity index (χ1) is 8.86. The van der Waals surface area contributed by atoms with Gasteiger partial charge in [-0.1, -0.05) is 23.2 Å². The molecule has 0 aliphatic carbocycles. The molecule has 0 unspecified atom stereocenters. The predicted octanol–water partition coefficient (Wildman–Crippen LogP) is 4.71. The molecule has 0 aliphatic rings. The van der Waals surface area contributed by atoms with E-state index < -0.39 is 9.05 Å². The second kappa shape index (κ2) is 5.59. The van der Waals surface area contributed by atoms with E-state index in [-0.39, 0.29) is 4.90 Å². The highest BCUT2D eigenvalue weighted by molar-refractivity contribution is 8.13. The zero-order chi connectivity index (χ0) is 14.0. The lowest BCUT2D eigenvalue weighted by Gasteiger charge is -2.08. The molecule has 0 N–H and O–H groups in total. The third kappa shape index (κ3) is 3.76. The molecule has 2 aromatic rings. The minimum Gasteiger partial charge on any atom is -0.456 e. The second-order valence-electron chi connectivity index (χ2n) is 3.59. The maximum atomic E-state index is 11.1. The minimum atomic E-state index is -3.73. The fourth-order valence-electron chi connectivity index (χ4n) is 1.36. The molecule has 19 heavy (non-hydrogen) atoms. The lowest BCUT2D eigenvalue weighted by molar-refractivity contribution is 0.482. The van der Waals surface area contributed by atoms with E-state index in [0.717, 1.165) is 0 Å². The van der Waals surface area contributed by atoms with Crippen LogP contribution in [0.1, 0.15) is 0 Å². The molecular weight excluding hydrogens is 331 g/mol. The maximum Gasteiger partial charge on any atom is 0.261 e. The second-order valence-corrected chi connectivity index (χ2v) is 7.00. The van der Waals surface area contributed by atoms with Crippen molar-refractivity contribution in [1.29, 1.82) is 0 Å². The summed E-state index contributed by atoms with van der Waals surface area (Å²) in [5, 5.41) is 0.863. The largest absolute Gasteiger partial charge is 0.456 e. The van der Waals surface area contributed by atoms with Crippen molar-refractivity contribution in [3.63, 3.8) is 0 Å². The lowest BCUT2D eigenvalue weighted by Crippen LogP contribution is -1.91. The van der Waals surface area contributed by atoms with E-state index >= 15 is 0 Å². The van der Waals surface area contributed by atoms with Crippen LogP contribution >= 0.6 is 33.9 Å². The summed E-state index contributed by atoms with van der Waals surface area (Å²) >= 11 is 11.7. The first kappa shape index (κ1) is 14.5. The van der Waals surface area contributed by atoms with Crippen LogP contribution in [0.2, 0.25) is 10.0 Å². The minimum absolute atomic E-state index is 0.00344. The van der Waals surface area contributed by atoms with Crippen molar-refractivity contribution in [2.75, 3.05) is 0 Å². The summed E-state index contributed by atoms with van der Waals surface area (Å²) < 4.78 is 27.7. The van der Waals surface area contributed by atoms with E-state index in [2.05, 4.69) is 0 Å². The molecule has 0 heterocycles. The summed E-state index contributed by atoms with van der Waals surface area (Å²) in [4.78, 5) is 0.00344. The highest BCUT2D eigenvalue weighted by atomic mass is 35.7. The molecule has 0 aliphatic heterocycles. The Hall–Kier alpha value is -0.940. The summed E-state index contributed by atoms with van der Waals surface area (Å²) in [6, 6.07) is 10.5. The Morgan fingerprint density at radius 2 is 1.58 bits per heavy atom. The number of benzene rings is 2. The van der Waals surface area contributed by atoms with Crippen LogP contribution in [0.5, 0.6) is 11.5 Å². The molecule has 2 rings (SSSR count). The fourth-order valence-corrected chi connectivity index (χ4v) is 2.57. The van der Waals surface area contributed by atoms with Crippen LogP contribution in [-0.4, -0.2) is 8.42 Å². The summed E-state index contributed by atoms with van der Waals surface area (Å²) in [6.07, 6.45) is 0. The molecule has 0 radical (unpaired) electrons. The zero-order valence-corrected chi connectivity index (χ0v) is 12.4. The summed E-state index contributed by atoms with van der Waals surface area (Å²) in [6.45, 7) is 0. The Morgan fingerprint density at radius 1 is 0.947 bits per heavy atom. The van der Waals surface area contributed by atoms with E-state index in [9.17, 15) is 8.42 Å². The smallest absolute Gasteiger partial charge is 0.261 e. The van der Waals surface area contributed by atoms with Crippen LogP contribution in [-0.2, 0) is 9.05 Å². The van der Waals surface area contributed by atoms with Gasteiger partial charge in [0.05, 0.1) is 9.92 Å². The van der Waals surface area contributed by atoms with Crippen molar-refractivity contribution in [2.24, 2.45) is 0 Å². The Bertz CT molecular complexity index is 697. The molecule has 0 amide bonds. The van der Waals surface area contributed by atoms with Crippen molar-refractivity contribution in [3.05, 3.63) is 52.5 Å². The van der Waals surface area contributed by atoms with Gasteiger partial charge in [0.1, 0.15) is 11.5 Å². The molecule has 0 atom stereocenters. The van der Waals surface area contributed by atoms with Gasteiger partial charge in [0.2, 0.25) is 0 Å². The van der Waals surface area contributed by atoms with Crippen LogP contribution in [0.4, 0.5) is 0 Å². The maximum absolute atomic E-state index is 11.1. The summed E-state index contributed by atoms with van der Waals surface area (Å²) in [5.74, 6) is 0.862. The Labute approximate surface area is 125 Å². The summed E-state index contributed by atoms with van der Waals surface area (Å²) in [7, 11) is 1.48. The number of ether oxygens (including phenoxy) is 1. The van der Waals surface area contributed by atoms with Gasteiger partial charge < -0.3 is 4.74 Å². The van der Waals surface area contributed by atoms with E-state index in [1.807, 2.05) is 0 Å². The van der Waals surface area contributed by atoms with Crippen molar-refractivity contribution >= 4 is 42.9 Å². The van der Waals surface area contributed by atoms with Crippen molar-refractivity contribution in [3.8, 4) is 11.5 Å². The number of hydrogen-bond donors (Lipinski definition) is 0. The SMILES string of the molecule is O=S(=O)(Cl)c1ccc(Oc2ccc(Cl)cc2Cl)cc1. The third-order valence-electron chi connectivity index (χ3n) is 2.23. The van der Waals surface area contributed by atoms with Crippen molar-refractivity contribution in [2.45, 2.75) is 4.90 Å². The van der Waals surface area contributed by atoms with Crippen molar-refractivity contribution < 1.29 is 13.2 Å². The van der Waals surface area contributed by atoms with Gasteiger partial charge in [-0.3, -0.25) is 0 Å². The van der Waals surface area contributed by atoms with E-state index in [1.165, 1.54) is 24.3 Å². The van der Waals surface area contributed by atoms with Gasteiger partial charge >= 0.3 is 0 Å². The lowest BCUT2D eigenvalue weighted by atomic mass is 10.3. The number of halogens is 3. The van der Waals surface area contributed by atoms with Gasteiger partial charge in [0, 0.05) is 15.7 Å². The van der Waals surface area contributed by atoms with Crippen LogP contribution in [0, 0.1) is 0 Å². The number of rotatable bonds is 3. The highest BCUT2D eigenvalue weighted by Gasteiger charge is 2.10. The van der Waals surface area contributed by atoms with Crippen molar-refractivity contribution in [1.82, 2.24) is 0 Å². The predicted molar refractivity (Wildman–Crippen MR) is 76.0 cm³/mol. The molecule has 0 saturated heterocycles. The van der Waals surface area contributed by atoms with Gasteiger partial charge in [0.15, 0.2) is 0 Å². The fraction of sp³-hybridized carbons (Fsp3) is 0.